The molecule has 1 aromatic rings. The maximum absolute atomic E-state index is 3.82. The fourth-order valence-electron chi connectivity index (χ4n) is 3.44. The maximum Gasteiger partial charge on any atom is 0.0139 e. The van der Waals surface area contributed by atoms with Gasteiger partial charge in [-0.2, -0.15) is 0 Å². The first-order valence-corrected chi connectivity index (χ1v) is 7.69. The summed E-state index contributed by atoms with van der Waals surface area (Å²) in [6.07, 6.45) is 8.23. The van der Waals surface area contributed by atoms with Crippen molar-refractivity contribution in [2.24, 2.45) is 5.92 Å². The Bertz CT molecular complexity index is 394. The summed E-state index contributed by atoms with van der Waals surface area (Å²) in [5.41, 5.74) is 3.23. The van der Waals surface area contributed by atoms with Crippen molar-refractivity contribution >= 4 is 0 Å². The Balaban J connectivity index is 1.73. The van der Waals surface area contributed by atoms with Crippen LogP contribution in [0.15, 0.2) is 24.3 Å². The highest BCUT2D eigenvalue weighted by Gasteiger charge is 2.33. The smallest absolute Gasteiger partial charge is 0.0139 e. The topological polar surface area (TPSA) is 12.0 Å². The Hall–Kier alpha value is -0.820. The lowest BCUT2D eigenvalue weighted by Gasteiger charge is -2.26. The summed E-state index contributed by atoms with van der Waals surface area (Å²) >= 11 is 0. The zero-order chi connectivity index (χ0) is 12.4. The standard InChI is InChI=1S/C17H25N/c1-2-11-18-17(12-13-7-8-13)16-10-9-14-5-3-4-6-15(14)16/h3-6,13,16-18H,2,7-12H2,1H3. The van der Waals surface area contributed by atoms with E-state index in [0.29, 0.717) is 0 Å². The van der Waals surface area contributed by atoms with Crippen molar-refractivity contribution in [3.8, 4) is 0 Å². The molecule has 98 valence electrons. The third kappa shape index (κ3) is 2.61. The summed E-state index contributed by atoms with van der Waals surface area (Å²) < 4.78 is 0. The van der Waals surface area contributed by atoms with E-state index in [1.165, 1.54) is 45.1 Å². The highest BCUT2D eigenvalue weighted by atomic mass is 14.9. The van der Waals surface area contributed by atoms with Crippen molar-refractivity contribution < 1.29 is 0 Å². The predicted molar refractivity (Wildman–Crippen MR) is 76.9 cm³/mol. The van der Waals surface area contributed by atoms with Crippen LogP contribution < -0.4 is 5.32 Å². The van der Waals surface area contributed by atoms with Crippen LogP contribution in [-0.2, 0) is 6.42 Å². The molecule has 2 aliphatic rings. The van der Waals surface area contributed by atoms with Gasteiger partial charge in [-0.3, -0.25) is 0 Å². The van der Waals surface area contributed by atoms with E-state index in [1.807, 2.05) is 0 Å². The quantitative estimate of drug-likeness (QED) is 0.799. The van der Waals surface area contributed by atoms with E-state index >= 15 is 0 Å². The summed E-state index contributed by atoms with van der Waals surface area (Å²) in [5.74, 6) is 1.79. The van der Waals surface area contributed by atoms with Gasteiger partial charge in [0, 0.05) is 6.04 Å². The van der Waals surface area contributed by atoms with E-state index in [-0.39, 0.29) is 0 Å². The Morgan fingerprint density at radius 3 is 2.83 bits per heavy atom. The fraction of sp³-hybridized carbons (Fsp3) is 0.647. The molecule has 1 saturated carbocycles. The second-order valence-corrected chi connectivity index (χ2v) is 6.08. The lowest BCUT2D eigenvalue weighted by Crippen LogP contribution is -2.35. The van der Waals surface area contributed by atoms with Crippen molar-refractivity contribution in [3.05, 3.63) is 35.4 Å². The van der Waals surface area contributed by atoms with Gasteiger partial charge in [-0.25, -0.2) is 0 Å². The molecule has 2 unspecified atom stereocenters. The summed E-state index contributed by atoms with van der Waals surface area (Å²) in [6, 6.07) is 9.81. The molecule has 0 bridgehead atoms. The van der Waals surface area contributed by atoms with Crippen molar-refractivity contribution in [3.63, 3.8) is 0 Å². The number of fused-ring (bicyclic) bond motifs is 1. The third-order valence-corrected chi connectivity index (χ3v) is 4.61. The Morgan fingerprint density at radius 2 is 2.06 bits per heavy atom. The van der Waals surface area contributed by atoms with E-state index in [4.69, 9.17) is 0 Å². The van der Waals surface area contributed by atoms with Crippen molar-refractivity contribution in [2.75, 3.05) is 6.54 Å². The van der Waals surface area contributed by atoms with Gasteiger partial charge in [0.05, 0.1) is 0 Å². The van der Waals surface area contributed by atoms with Gasteiger partial charge in [-0.15, -0.1) is 0 Å². The molecule has 0 radical (unpaired) electrons. The number of hydrogen-bond donors (Lipinski definition) is 1. The fourth-order valence-corrected chi connectivity index (χ4v) is 3.44. The van der Waals surface area contributed by atoms with Gasteiger partial charge in [-0.1, -0.05) is 44.0 Å². The lowest BCUT2D eigenvalue weighted by atomic mass is 9.89. The maximum atomic E-state index is 3.82. The van der Waals surface area contributed by atoms with Crippen LogP contribution in [0.3, 0.4) is 0 Å². The molecule has 0 spiro atoms. The summed E-state index contributed by atoms with van der Waals surface area (Å²) in [4.78, 5) is 0. The summed E-state index contributed by atoms with van der Waals surface area (Å²) in [6.45, 7) is 3.44. The largest absolute Gasteiger partial charge is 0.313 e. The second-order valence-electron chi connectivity index (χ2n) is 6.08. The second kappa shape index (κ2) is 5.44. The molecule has 2 aliphatic carbocycles. The van der Waals surface area contributed by atoms with Crippen molar-refractivity contribution in [1.29, 1.82) is 0 Å². The highest BCUT2D eigenvalue weighted by Crippen LogP contribution is 2.41. The normalized spacial score (nSPS) is 23.9. The van der Waals surface area contributed by atoms with Gasteiger partial charge < -0.3 is 5.32 Å². The molecule has 0 saturated heterocycles. The monoisotopic (exact) mass is 243 g/mol. The first-order chi connectivity index (χ1) is 8.88. The highest BCUT2D eigenvalue weighted by molar-refractivity contribution is 5.36. The molecular formula is C17H25N. The van der Waals surface area contributed by atoms with Crippen LogP contribution in [0.25, 0.3) is 0 Å². The van der Waals surface area contributed by atoms with E-state index in [1.54, 1.807) is 11.1 Å². The average molecular weight is 243 g/mol. The number of benzene rings is 1. The number of rotatable bonds is 6. The minimum Gasteiger partial charge on any atom is -0.313 e. The molecule has 1 heteroatoms. The van der Waals surface area contributed by atoms with E-state index in [2.05, 4.69) is 36.5 Å². The molecule has 2 atom stereocenters. The molecule has 0 aliphatic heterocycles. The Labute approximate surface area is 111 Å². The van der Waals surface area contributed by atoms with Crippen LogP contribution in [0, 0.1) is 5.92 Å². The molecule has 0 aromatic heterocycles. The molecule has 0 heterocycles. The van der Waals surface area contributed by atoms with Crippen LogP contribution >= 0.6 is 0 Å². The SMILES string of the molecule is CCCNC(CC1CC1)C1CCc2ccccc21. The van der Waals surface area contributed by atoms with Crippen LogP contribution in [0.4, 0.5) is 0 Å². The van der Waals surface area contributed by atoms with Gasteiger partial charge >= 0.3 is 0 Å². The average Bonchev–Trinajstić information content (AvgIpc) is 3.12. The third-order valence-electron chi connectivity index (χ3n) is 4.61. The zero-order valence-corrected chi connectivity index (χ0v) is 11.5. The predicted octanol–water partition coefficient (Wildman–Crippen LogP) is 3.88. The van der Waals surface area contributed by atoms with Crippen LogP contribution in [0.2, 0.25) is 0 Å². The zero-order valence-electron chi connectivity index (χ0n) is 11.5. The Kier molecular flexibility index (Phi) is 3.69. The first-order valence-electron chi connectivity index (χ1n) is 7.69. The first kappa shape index (κ1) is 12.2. The molecule has 1 aromatic carbocycles. The molecule has 18 heavy (non-hydrogen) atoms. The van der Waals surface area contributed by atoms with Gasteiger partial charge in [-0.05, 0) is 55.2 Å². The molecule has 1 fully saturated rings. The number of hydrogen-bond acceptors (Lipinski definition) is 1. The minimum atomic E-state index is 0.723. The van der Waals surface area contributed by atoms with Gasteiger partial charge in [0.1, 0.15) is 0 Å². The van der Waals surface area contributed by atoms with E-state index in [0.717, 1.165) is 17.9 Å². The minimum absolute atomic E-state index is 0.723. The van der Waals surface area contributed by atoms with Crippen LogP contribution in [0.5, 0.6) is 0 Å². The van der Waals surface area contributed by atoms with Crippen LogP contribution in [0.1, 0.15) is 56.1 Å². The number of aryl methyl sites for hydroxylation is 1. The summed E-state index contributed by atoms with van der Waals surface area (Å²) in [5, 5.41) is 3.82. The summed E-state index contributed by atoms with van der Waals surface area (Å²) in [7, 11) is 0. The van der Waals surface area contributed by atoms with Gasteiger partial charge in [0.2, 0.25) is 0 Å². The Morgan fingerprint density at radius 1 is 1.22 bits per heavy atom. The molecule has 1 nitrogen and oxygen atoms in total. The van der Waals surface area contributed by atoms with Gasteiger partial charge in [0.15, 0.2) is 0 Å². The van der Waals surface area contributed by atoms with Crippen LogP contribution in [-0.4, -0.2) is 12.6 Å². The molecule has 1 N–H and O–H groups in total. The molecule has 3 rings (SSSR count). The van der Waals surface area contributed by atoms with Crippen molar-refractivity contribution in [1.82, 2.24) is 5.32 Å². The van der Waals surface area contributed by atoms with Crippen molar-refractivity contribution in [2.45, 2.75) is 57.4 Å². The lowest BCUT2D eigenvalue weighted by molar-refractivity contribution is 0.389. The number of nitrogens with one attached hydrogen (secondary N) is 1. The molecular weight excluding hydrogens is 218 g/mol. The van der Waals surface area contributed by atoms with E-state index < -0.39 is 0 Å². The van der Waals surface area contributed by atoms with E-state index in [9.17, 15) is 0 Å². The van der Waals surface area contributed by atoms with Gasteiger partial charge in [0.25, 0.3) is 0 Å². The molecule has 0 amide bonds.